The molecule has 0 saturated carbocycles. The number of aryl methyl sites for hydroxylation is 1. The third kappa shape index (κ3) is 3.72. The summed E-state index contributed by atoms with van der Waals surface area (Å²) in [6, 6.07) is 2.36. The van der Waals surface area contributed by atoms with Gasteiger partial charge in [-0.2, -0.15) is 0 Å². The molecule has 3 N–H and O–H groups in total. The summed E-state index contributed by atoms with van der Waals surface area (Å²) in [5, 5.41) is 3.07. The highest BCUT2D eigenvalue weighted by Gasteiger charge is 2.05. The van der Waals surface area contributed by atoms with Crippen molar-refractivity contribution in [3.05, 3.63) is 34.2 Å². The molecule has 0 atom stereocenters. The molecule has 0 aliphatic rings. The number of imidazole rings is 1. The summed E-state index contributed by atoms with van der Waals surface area (Å²) in [4.78, 5) is 8.92. The maximum atomic E-state index is 5.76. The van der Waals surface area contributed by atoms with E-state index in [1.165, 1.54) is 0 Å². The molecular formula is C14H20BrN5. The molecular weight excluding hydrogens is 318 g/mol. The highest BCUT2D eigenvalue weighted by atomic mass is 79.9. The number of halogens is 1. The van der Waals surface area contributed by atoms with Crippen LogP contribution in [0, 0.1) is 6.92 Å². The molecule has 20 heavy (non-hydrogen) atoms. The number of guanidine groups is 1. The second-order valence-corrected chi connectivity index (χ2v) is 6.04. The Labute approximate surface area is 127 Å². The monoisotopic (exact) mass is 337 g/mol. The van der Waals surface area contributed by atoms with Gasteiger partial charge in [-0.25, -0.2) is 4.98 Å². The molecule has 2 aromatic rings. The summed E-state index contributed by atoms with van der Waals surface area (Å²) < 4.78 is 3.09. The fraction of sp³-hybridized carbons (Fsp3) is 0.429. The van der Waals surface area contributed by atoms with Gasteiger partial charge in [0.2, 0.25) is 0 Å². The van der Waals surface area contributed by atoms with Crippen molar-refractivity contribution in [2.24, 2.45) is 10.7 Å². The minimum atomic E-state index is 0.300. The van der Waals surface area contributed by atoms with Crippen LogP contribution < -0.4 is 11.1 Å². The van der Waals surface area contributed by atoms with Crippen molar-refractivity contribution < 1.29 is 0 Å². The molecule has 0 fully saturated rings. The molecule has 5 nitrogen and oxygen atoms in total. The van der Waals surface area contributed by atoms with Gasteiger partial charge in [0, 0.05) is 35.9 Å². The number of hydrogen-bond donors (Lipinski definition) is 2. The first-order valence-electron chi connectivity index (χ1n) is 6.66. The summed E-state index contributed by atoms with van der Waals surface area (Å²) in [5.74, 6) is 0.489. The normalized spacial score (nSPS) is 12.3. The molecule has 0 bridgehead atoms. The summed E-state index contributed by atoms with van der Waals surface area (Å²) >= 11 is 3.49. The van der Waals surface area contributed by atoms with Crippen molar-refractivity contribution in [2.45, 2.75) is 33.2 Å². The zero-order valence-corrected chi connectivity index (χ0v) is 13.6. The Hall–Kier alpha value is -1.56. The molecule has 0 radical (unpaired) electrons. The molecule has 2 aromatic heterocycles. The molecule has 0 unspecified atom stereocenters. The number of fused-ring (bicyclic) bond motifs is 1. The predicted molar refractivity (Wildman–Crippen MR) is 86.1 cm³/mol. The quantitative estimate of drug-likeness (QED) is 0.664. The standard InChI is InChI=1S/C14H20BrN5/c1-9(2)18-14(16)17-5-4-12-8-20-7-11(15)6-10(3)13(20)19-12/h6-9H,4-5H2,1-3H3,(H3,16,17,18). The van der Waals surface area contributed by atoms with Crippen LogP contribution in [0.4, 0.5) is 0 Å². The lowest BCUT2D eigenvalue weighted by atomic mass is 10.3. The topological polar surface area (TPSA) is 67.7 Å². The Morgan fingerprint density at radius 1 is 1.50 bits per heavy atom. The number of nitrogens with two attached hydrogens (primary N) is 1. The van der Waals surface area contributed by atoms with Gasteiger partial charge < -0.3 is 15.5 Å². The Morgan fingerprint density at radius 2 is 2.25 bits per heavy atom. The van der Waals surface area contributed by atoms with Gasteiger partial charge in [-0.1, -0.05) is 0 Å². The van der Waals surface area contributed by atoms with Gasteiger partial charge in [-0.3, -0.25) is 4.99 Å². The van der Waals surface area contributed by atoms with Gasteiger partial charge in [-0.05, 0) is 48.3 Å². The second-order valence-electron chi connectivity index (χ2n) is 5.12. The van der Waals surface area contributed by atoms with Crippen LogP contribution in [-0.2, 0) is 6.42 Å². The van der Waals surface area contributed by atoms with E-state index >= 15 is 0 Å². The number of nitrogens with one attached hydrogen (secondary N) is 1. The van der Waals surface area contributed by atoms with Crippen LogP contribution in [0.1, 0.15) is 25.1 Å². The van der Waals surface area contributed by atoms with Crippen LogP contribution in [-0.4, -0.2) is 27.9 Å². The predicted octanol–water partition coefficient (Wildman–Crippen LogP) is 2.26. The van der Waals surface area contributed by atoms with Crippen LogP contribution >= 0.6 is 15.9 Å². The summed E-state index contributed by atoms with van der Waals surface area (Å²) in [5.41, 5.74) is 8.92. The molecule has 0 aliphatic heterocycles. The SMILES string of the molecule is Cc1cc(Br)cn2cc(CCN=C(N)NC(C)C)nc12. The van der Waals surface area contributed by atoms with Gasteiger partial charge in [0.1, 0.15) is 5.65 Å². The van der Waals surface area contributed by atoms with Gasteiger partial charge in [0.15, 0.2) is 5.96 Å². The lowest BCUT2D eigenvalue weighted by Gasteiger charge is -2.07. The van der Waals surface area contributed by atoms with E-state index in [-0.39, 0.29) is 0 Å². The second kappa shape index (κ2) is 6.26. The Morgan fingerprint density at radius 3 is 2.95 bits per heavy atom. The van der Waals surface area contributed by atoms with Crippen LogP contribution in [0.3, 0.4) is 0 Å². The van der Waals surface area contributed by atoms with Crippen LogP contribution in [0.5, 0.6) is 0 Å². The van der Waals surface area contributed by atoms with Crippen LogP contribution in [0.25, 0.3) is 5.65 Å². The molecule has 0 aliphatic carbocycles. The largest absolute Gasteiger partial charge is 0.370 e. The number of rotatable bonds is 4. The minimum absolute atomic E-state index is 0.300. The zero-order valence-electron chi connectivity index (χ0n) is 12.0. The maximum absolute atomic E-state index is 5.76. The molecule has 2 rings (SSSR count). The highest BCUT2D eigenvalue weighted by Crippen LogP contribution is 2.17. The summed E-state index contributed by atoms with van der Waals surface area (Å²) in [7, 11) is 0. The molecule has 108 valence electrons. The van der Waals surface area contributed by atoms with Crippen molar-refractivity contribution in [3.8, 4) is 0 Å². The van der Waals surface area contributed by atoms with E-state index in [2.05, 4.69) is 44.2 Å². The molecule has 0 aromatic carbocycles. The van der Waals surface area contributed by atoms with Crippen LogP contribution in [0.2, 0.25) is 0 Å². The number of aromatic nitrogens is 2. The van der Waals surface area contributed by atoms with Crippen molar-refractivity contribution in [1.29, 1.82) is 0 Å². The summed E-state index contributed by atoms with van der Waals surface area (Å²) in [6.45, 7) is 6.76. The van der Waals surface area contributed by atoms with Crippen LogP contribution in [0.15, 0.2) is 27.9 Å². The summed E-state index contributed by atoms with van der Waals surface area (Å²) in [6.07, 6.45) is 4.82. The Balaban J connectivity index is 2.06. The fourth-order valence-corrected chi connectivity index (χ4v) is 2.59. The first kappa shape index (κ1) is 14.8. The van der Waals surface area contributed by atoms with Crippen molar-refractivity contribution >= 4 is 27.5 Å². The lowest BCUT2D eigenvalue weighted by Crippen LogP contribution is -2.36. The number of nitrogens with zero attached hydrogens (tertiary/aromatic N) is 3. The van der Waals surface area contributed by atoms with Gasteiger partial charge in [0.25, 0.3) is 0 Å². The average molecular weight is 338 g/mol. The molecule has 0 saturated heterocycles. The minimum Gasteiger partial charge on any atom is -0.370 e. The van der Waals surface area contributed by atoms with Crippen molar-refractivity contribution in [1.82, 2.24) is 14.7 Å². The first-order valence-corrected chi connectivity index (χ1v) is 7.45. The fourth-order valence-electron chi connectivity index (χ4n) is 2.03. The van der Waals surface area contributed by atoms with E-state index in [0.29, 0.717) is 18.5 Å². The molecule has 2 heterocycles. The number of hydrogen-bond acceptors (Lipinski definition) is 2. The van der Waals surface area contributed by atoms with Gasteiger partial charge >= 0.3 is 0 Å². The van der Waals surface area contributed by atoms with Crippen molar-refractivity contribution in [3.63, 3.8) is 0 Å². The molecule has 6 heteroatoms. The zero-order chi connectivity index (χ0) is 14.7. The Kier molecular flexibility index (Phi) is 4.65. The first-order chi connectivity index (χ1) is 9.45. The average Bonchev–Trinajstić information content (AvgIpc) is 2.71. The smallest absolute Gasteiger partial charge is 0.188 e. The Bertz CT molecular complexity index is 630. The molecule has 0 amide bonds. The van der Waals surface area contributed by atoms with Crippen molar-refractivity contribution in [2.75, 3.05) is 6.54 Å². The third-order valence-corrected chi connectivity index (χ3v) is 3.27. The highest BCUT2D eigenvalue weighted by molar-refractivity contribution is 9.10. The van der Waals surface area contributed by atoms with E-state index in [9.17, 15) is 0 Å². The van der Waals surface area contributed by atoms with Gasteiger partial charge in [0.05, 0.1) is 5.69 Å². The molecule has 0 spiro atoms. The number of aliphatic imine (C=N–C) groups is 1. The van der Waals surface area contributed by atoms with E-state index in [4.69, 9.17) is 5.73 Å². The van der Waals surface area contributed by atoms with E-state index in [1.807, 2.05) is 30.6 Å². The van der Waals surface area contributed by atoms with E-state index in [1.54, 1.807) is 0 Å². The van der Waals surface area contributed by atoms with Gasteiger partial charge in [-0.15, -0.1) is 0 Å². The third-order valence-electron chi connectivity index (χ3n) is 2.84. The lowest BCUT2D eigenvalue weighted by molar-refractivity contribution is 0.723. The maximum Gasteiger partial charge on any atom is 0.188 e. The number of pyridine rings is 1. The van der Waals surface area contributed by atoms with E-state index in [0.717, 1.165) is 27.8 Å². The van der Waals surface area contributed by atoms with E-state index < -0.39 is 0 Å².